The topological polar surface area (TPSA) is 71.5 Å². The number of nitrogens with zero attached hydrogens (tertiary/aromatic N) is 2. The average molecular weight is 549 g/mol. The molecular weight excluding hydrogens is 504 g/mol. The second-order valence-electron chi connectivity index (χ2n) is 13.3. The maximum Gasteiger partial charge on any atom is 0.410 e. The molecule has 40 heavy (non-hydrogen) atoms. The quantitative estimate of drug-likeness (QED) is 0.527. The molecule has 2 aromatic rings. The predicted octanol–water partition coefficient (Wildman–Crippen LogP) is 5.31. The summed E-state index contributed by atoms with van der Waals surface area (Å²) in [5.41, 5.74) is 1.30. The monoisotopic (exact) mass is 548 g/mol. The number of aliphatic hydroxyl groups is 1. The van der Waals surface area contributed by atoms with Gasteiger partial charge in [0.25, 0.3) is 0 Å². The van der Waals surface area contributed by atoms with Gasteiger partial charge in [-0.2, -0.15) is 0 Å². The first-order valence-corrected chi connectivity index (χ1v) is 14.9. The molecule has 216 valence electrons. The molecule has 0 radical (unpaired) electrons. The Morgan fingerprint density at radius 2 is 1.75 bits per heavy atom. The number of amides is 1. The Kier molecular flexibility index (Phi) is 7.02. The molecule has 2 aliphatic carbocycles. The smallest absolute Gasteiger partial charge is 0.410 e. The predicted molar refractivity (Wildman–Crippen MR) is 154 cm³/mol. The van der Waals surface area contributed by atoms with Crippen LogP contribution in [0.1, 0.15) is 69.6 Å². The fraction of sp³-hybridized carbons (Fsp3) is 0.606. The van der Waals surface area contributed by atoms with Gasteiger partial charge in [0.15, 0.2) is 11.5 Å². The molecule has 7 heteroatoms. The van der Waals surface area contributed by atoms with E-state index in [9.17, 15) is 9.90 Å². The minimum atomic E-state index is -0.991. The van der Waals surface area contributed by atoms with Gasteiger partial charge in [-0.15, -0.1) is 0 Å². The van der Waals surface area contributed by atoms with Crippen molar-refractivity contribution < 1.29 is 24.1 Å². The summed E-state index contributed by atoms with van der Waals surface area (Å²) in [7, 11) is 1.71. The van der Waals surface area contributed by atoms with Crippen LogP contribution >= 0.6 is 0 Å². The Hall–Kier alpha value is -2.77. The van der Waals surface area contributed by atoms with Crippen LogP contribution in [0, 0.1) is 5.92 Å². The zero-order valence-electron chi connectivity index (χ0n) is 24.4. The number of piperidine rings is 1. The van der Waals surface area contributed by atoms with Crippen molar-refractivity contribution in [1.82, 2.24) is 9.80 Å². The Morgan fingerprint density at radius 3 is 2.45 bits per heavy atom. The van der Waals surface area contributed by atoms with E-state index in [-0.39, 0.29) is 12.1 Å². The van der Waals surface area contributed by atoms with Crippen LogP contribution in [-0.4, -0.2) is 71.5 Å². The summed E-state index contributed by atoms with van der Waals surface area (Å²) in [5.74, 6) is 2.17. The molecule has 6 rings (SSSR count). The van der Waals surface area contributed by atoms with Crippen molar-refractivity contribution in [1.29, 1.82) is 0 Å². The molecule has 3 unspecified atom stereocenters. The zero-order chi connectivity index (χ0) is 28.1. The van der Waals surface area contributed by atoms with Gasteiger partial charge in [-0.05, 0) is 89.0 Å². The molecule has 2 bridgehead atoms. The van der Waals surface area contributed by atoms with Crippen molar-refractivity contribution in [3.8, 4) is 11.5 Å². The SMILES string of the molecule is COc1c(OCc2ccccc2)ccc2c1C13CCN(C(=O)OC(C)(C)C)CCC1(O)C(C2)N(CC1CC1)CC3. The first-order chi connectivity index (χ1) is 19.1. The van der Waals surface area contributed by atoms with Gasteiger partial charge in [0.1, 0.15) is 12.2 Å². The normalized spacial score (nSPS) is 28.2. The van der Waals surface area contributed by atoms with Crippen LogP contribution in [0.25, 0.3) is 0 Å². The fourth-order valence-electron chi connectivity index (χ4n) is 7.50. The fourth-order valence-corrected chi connectivity index (χ4v) is 7.50. The first kappa shape index (κ1) is 27.4. The highest BCUT2D eigenvalue weighted by Crippen LogP contribution is 2.59. The molecule has 0 spiro atoms. The Morgan fingerprint density at radius 1 is 1.02 bits per heavy atom. The van der Waals surface area contributed by atoms with Crippen LogP contribution in [0.15, 0.2) is 42.5 Å². The van der Waals surface area contributed by atoms with Gasteiger partial charge in [-0.1, -0.05) is 36.4 Å². The summed E-state index contributed by atoms with van der Waals surface area (Å²) in [6.07, 6.45) is 5.01. The summed E-state index contributed by atoms with van der Waals surface area (Å²) in [5, 5.41) is 12.9. The number of carbonyl (C=O) groups is 1. The first-order valence-electron chi connectivity index (χ1n) is 14.9. The van der Waals surface area contributed by atoms with E-state index in [0.29, 0.717) is 38.3 Å². The van der Waals surface area contributed by atoms with E-state index in [4.69, 9.17) is 14.2 Å². The molecule has 2 heterocycles. The van der Waals surface area contributed by atoms with Gasteiger partial charge >= 0.3 is 6.09 Å². The lowest BCUT2D eigenvalue weighted by Gasteiger charge is -2.61. The molecule has 2 aromatic carbocycles. The van der Waals surface area contributed by atoms with E-state index in [2.05, 4.69) is 23.1 Å². The Balaban J connectivity index is 1.40. The molecule has 0 aromatic heterocycles. The highest BCUT2D eigenvalue weighted by atomic mass is 16.6. The van der Waals surface area contributed by atoms with E-state index >= 15 is 0 Å². The third-order valence-electron chi connectivity index (χ3n) is 9.60. The van der Waals surface area contributed by atoms with Gasteiger partial charge in [0.2, 0.25) is 0 Å². The lowest BCUT2D eigenvalue weighted by Crippen LogP contribution is -2.71. The van der Waals surface area contributed by atoms with Gasteiger partial charge in [0, 0.05) is 36.7 Å². The van der Waals surface area contributed by atoms with Crippen molar-refractivity contribution in [3.63, 3.8) is 0 Å². The van der Waals surface area contributed by atoms with Gasteiger partial charge < -0.3 is 24.2 Å². The largest absolute Gasteiger partial charge is 0.493 e. The number of benzene rings is 2. The molecule has 2 saturated heterocycles. The van der Waals surface area contributed by atoms with Crippen LogP contribution in [0.2, 0.25) is 0 Å². The number of carbonyl (C=O) groups excluding carboxylic acids is 1. The van der Waals surface area contributed by atoms with Crippen LogP contribution < -0.4 is 9.47 Å². The third-order valence-corrected chi connectivity index (χ3v) is 9.60. The maximum absolute atomic E-state index is 13.2. The average Bonchev–Trinajstić information content (AvgIpc) is 3.75. The highest BCUT2D eigenvalue weighted by molar-refractivity contribution is 5.68. The number of likely N-dealkylation sites (tertiary alicyclic amines) is 2. The second-order valence-corrected chi connectivity index (χ2v) is 13.3. The number of methoxy groups -OCH3 is 1. The zero-order valence-corrected chi connectivity index (χ0v) is 24.4. The van der Waals surface area contributed by atoms with Gasteiger partial charge in [-0.25, -0.2) is 4.79 Å². The third kappa shape index (κ3) is 4.85. The summed E-state index contributed by atoms with van der Waals surface area (Å²) in [6.45, 7) is 9.13. The summed E-state index contributed by atoms with van der Waals surface area (Å²) in [4.78, 5) is 17.5. The van der Waals surface area contributed by atoms with Crippen LogP contribution in [0.3, 0.4) is 0 Å². The molecule has 1 N–H and O–H groups in total. The van der Waals surface area contributed by atoms with Crippen molar-refractivity contribution in [3.05, 3.63) is 59.2 Å². The van der Waals surface area contributed by atoms with Crippen molar-refractivity contribution >= 4 is 6.09 Å². The summed E-state index contributed by atoms with van der Waals surface area (Å²) in [6, 6.07) is 14.4. The van der Waals surface area contributed by atoms with E-state index in [1.807, 2.05) is 45.0 Å². The number of hydrogen-bond donors (Lipinski definition) is 1. The standard InChI is InChI=1S/C33H44N2O5/c1-31(2,3)40-30(36)34-17-14-32-15-18-35(21-23-10-11-23)27(33(32,37)16-19-34)20-25-12-13-26(29(38-4)28(25)32)39-22-24-8-6-5-7-9-24/h5-9,12-13,23,27,37H,10-11,14-22H2,1-4H3. The molecule has 3 atom stereocenters. The summed E-state index contributed by atoms with van der Waals surface area (Å²) >= 11 is 0. The Bertz CT molecular complexity index is 1240. The minimum absolute atomic E-state index is 0.00808. The number of rotatable bonds is 6. The second kappa shape index (κ2) is 10.3. The number of hydrogen-bond acceptors (Lipinski definition) is 6. The van der Waals surface area contributed by atoms with Crippen molar-refractivity contribution in [2.75, 3.05) is 33.3 Å². The molecule has 1 amide bonds. The van der Waals surface area contributed by atoms with Crippen LogP contribution in [0.4, 0.5) is 4.79 Å². The lowest BCUT2D eigenvalue weighted by atomic mass is 9.52. The minimum Gasteiger partial charge on any atom is -0.493 e. The lowest BCUT2D eigenvalue weighted by molar-refractivity contribution is -0.149. The molecule has 1 saturated carbocycles. The van der Waals surface area contributed by atoms with Crippen LogP contribution in [-0.2, 0) is 23.2 Å². The molecule has 4 aliphatic rings. The van der Waals surface area contributed by atoms with Crippen molar-refractivity contribution in [2.45, 2.75) is 88.6 Å². The molecule has 7 nitrogen and oxygen atoms in total. The molecular formula is C33H44N2O5. The molecule has 2 aliphatic heterocycles. The summed E-state index contributed by atoms with van der Waals surface area (Å²) < 4.78 is 18.3. The maximum atomic E-state index is 13.2. The van der Waals surface area contributed by atoms with Gasteiger partial charge in [-0.3, -0.25) is 4.90 Å². The molecule has 3 fully saturated rings. The van der Waals surface area contributed by atoms with E-state index in [0.717, 1.165) is 48.7 Å². The van der Waals surface area contributed by atoms with E-state index < -0.39 is 16.6 Å². The number of ether oxygens (including phenoxy) is 3. The van der Waals surface area contributed by atoms with E-state index in [1.165, 1.54) is 18.4 Å². The van der Waals surface area contributed by atoms with E-state index in [1.54, 1.807) is 12.0 Å². The van der Waals surface area contributed by atoms with Crippen molar-refractivity contribution in [2.24, 2.45) is 5.92 Å². The number of fused-ring (bicyclic) bond motifs is 1. The highest BCUT2D eigenvalue weighted by Gasteiger charge is 2.64. The van der Waals surface area contributed by atoms with Gasteiger partial charge in [0.05, 0.1) is 12.7 Å². The van der Waals surface area contributed by atoms with Crippen LogP contribution in [0.5, 0.6) is 11.5 Å². The Labute approximate surface area is 238 Å².